The fourth-order valence-corrected chi connectivity index (χ4v) is 3.19. The second-order valence-electron chi connectivity index (χ2n) is 5.51. The van der Waals surface area contributed by atoms with Crippen molar-refractivity contribution in [2.24, 2.45) is 0 Å². The average molecular weight is 397 g/mol. The molecule has 0 fully saturated rings. The van der Waals surface area contributed by atoms with Gasteiger partial charge in [0.05, 0.1) is 11.0 Å². The van der Waals surface area contributed by atoms with E-state index >= 15 is 0 Å². The van der Waals surface area contributed by atoms with E-state index in [9.17, 15) is 9.59 Å². The smallest absolute Gasteiger partial charge is 0.237 e. The van der Waals surface area contributed by atoms with E-state index in [0.29, 0.717) is 15.7 Å². The Balaban J connectivity index is 1.82. The molecule has 0 aliphatic rings. The highest BCUT2D eigenvalue weighted by Crippen LogP contribution is 2.23. The SMILES string of the molecule is Cc1ccc(NC(=O)CS[C@H](C)C(=O)Nc2cc(Cl)cc(Cl)c2)cc1. The van der Waals surface area contributed by atoms with Crippen molar-refractivity contribution in [3.63, 3.8) is 0 Å². The molecule has 0 unspecified atom stereocenters. The standard InChI is InChI=1S/C18H18Cl2N2O2S/c1-11-3-5-15(6-4-11)21-17(23)10-25-12(2)18(24)22-16-8-13(19)7-14(20)9-16/h3-9,12H,10H2,1-2H3,(H,21,23)(H,22,24)/t12-/m1/s1. The van der Waals surface area contributed by atoms with Crippen LogP contribution >= 0.6 is 35.0 Å². The Hall–Kier alpha value is -1.69. The van der Waals surface area contributed by atoms with Crippen molar-refractivity contribution in [2.75, 3.05) is 16.4 Å². The van der Waals surface area contributed by atoms with Crippen LogP contribution in [0.25, 0.3) is 0 Å². The van der Waals surface area contributed by atoms with Gasteiger partial charge in [-0.2, -0.15) is 0 Å². The van der Waals surface area contributed by atoms with Gasteiger partial charge in [-0.3, -0.25) is 9.59 Å². The summed E-state index contributed by atoms with van der Waals surface area (Å²) in [5, 5.41) is 6.03. The zero-order chi connectivity index (χ0) is 18.4. The van der Waals surface area contributed by atoms with Gasteiger partial charge in [0, 0.05) is 21.4 Å². The molecule has 2 amide bonds. The van der Waals surface area contributed by atoms with Crippen molar-refractivity contribution in [3.05, 3.63) is 58.1 Å². The summed E-state index contributed by atoms with van der Waals surface area (Å²) in [5.41, 5.74) is 2.39. The minimum Gasteiger partial charge on any atom is -0.325 e. The number of hydrogen-bond acceptors (Lipinski definition) is 3. The van der Waals surface area contributed by atoms with Crippen molar-refractivity contribution in [2.45, 2.75) is 19.1 Å². The fourth-order valence-electron chi connectivity index (χ4n) is 1.98. The maximum Gasteiger partial charge on any atom is 0.237 e. The maximum absolute atomic E-state index is 12.2. The summed E-state index contributed by atoms with van der Waals surface area (Å²) in [6, 6.07) is 12.4. The van der Waals surface area contributed by atoms with Crippen LogP contribution in [0.3, 0.4) is 0 Å². The molecule has 2 aromatic rings. The van der Waals surface area contributed by atoms with Gasteiger partial charge < -0.3 is 10.6 Å². The van der Waals surface area contributed by atoms with E-state index in [2.05, 4.69) is 10.6 Å². The molecule has 0 saturated heterocycles. The lowest BCUT2D eigenvalue weighted by Crippen LogP contribution is -2.25. The van der Waals surface area contributed by atoms with Crippen LogP contribution in [0.2, 0.25) is 10.0 Å². The molecule has 0 heterocycles. The van der Waals surface area contributed by atoms with Gasteiger partial charge >= 0.3 is 0 Å². The van der Waals surface area contributed by atoms with Crippen molar-refractivity contribution in [1.29, 1.82) is 0 Å². The van der Waals surface area contributed by atoms with Crippen LogP contribution in [-0.4, -0.2) is 22.8 Å². The topological polar surface area (TPSA) is 58.2 Å². The Bertz CT molecular complexity index is 746. The van der Waals surface area contributed by atoms with E-state index in [1.165, 1.54) is 11.8 Å². The number of aryl methyl sites for hydroxylation is 1. The Morgan fingerprint density at radius 2 is 1.60 bits per heavy atom. The van der Waals surface area contributed by atoms with Crippen LogP contribution in [-0.2, 0) is 9.59 Å². The first kappa shape index (κ1) is 19.6. The third kappa shape index (κ3) is 6.61. The first-order chi connectivity index (χ1) is 11.8. The molecule has 2 N–H and O–H groups in total. The van der Waals surface area contributed by atoms with Crippen LogP contribution in [0.15, 0.2) is 42.5 Å². The lowest BCUT2D eigenvalue weighted by atomic mass is 10.2. The number of anilines is 2. The summed E-state index contributed by atoms with van der Waals surface area (Å²) < 4.78 is 0. The third-order valence-corrected chi connectivity index (χ3v) is 4.88. The van der Waals surface area contributed by atoms with Gasteiger partial charge in [0.15, 0.2) is 0 Å². The monoisotopic (exact) mass is 396 g/mol. The lowest BCUT2D eigenvalue weighted by molar-refractivity contribution is -0.115. The number of hydrogen-bond donors (Lipinski definition) is 2. The van der Waals surface area contributed by atoms with Gasteiger partial charge in [-0.15, -0.1) is 11.8 Å². The second kappa shape index (κ2) is 9.13. The lowest BCUT2D eigenvalue weighted by Gasteiger charge is -2.12. The molecule has 2 rings (SSSR count). The number of benzene rings is 2. The number of nitrogens with one attached hydrogen (secondary N) is 2. The molecule has 4 nitrogen and oxygen atoms in total. The minimum atomic E-state index is -0.401. The Labute approximate surface area is 161 Å². The number of amides is 2. The van der Waals surface area contributed by atoms with Crippen LogP contribution < -0.4 is 10.6 Å². The largest absolute Gasteiger partial charge is 0.325 e. The second-order valence-corrected chi connectivity index (χ2v) is 7.72. The molecule has 0 bridgehead atoms. The summed E-state index contributed by atoms with van der Waals surface area (Å²) in [6.45, 7) is 3.72. The summed E-state index contributed by atoms with van der Waals surface area (Å²) in [4.78, 5) is 24.2. The van der Waals surface area contributed by atoms with Crippen molar-refractivity contribution in [3.8, 4) is 0 Å². The molecule has 0 spiro atoms. The molecule has 2 aromatic carbocycles. The molecule has 0 aliphatic carbocycles. The van der Waals surface area contributed by atoms with Crippen LogP contribution in [0, 0.1) is 6.92 Å². The first-order valence-corrected chi connectivity index (χ1v) is 9.39. The van der Waals surface area contributed by atoms with E-state index < -0.39 is 5.25 Å². The van der Waals surface area contributed by atoms with E-state index in [4.69, 9.17) is 23.2 Å². The fraction of sp³-hybridized carbons (Fsp3) is 0.222. The Morgan fingerprint density at radius 1 is 1.00 bits per heavy atom. The van der Waals surface area contributed by atoms with Gasteiger partial charge in [-0.25, -0.2) is 0 Å². The summed E-state index contributed by atoms with van der Waals surface area (Å²) in [7, 11) is 0. The molecular weight excluding hydrogens is 379 g/mol. The molecular formula is C18H18Cl2N2O2S. The molecule has 0 saturated carbocycles. The molecule has 25 heavy (non-hydrogen) atoms. The number of carbonyl (C=O) groups excluding carboxylic acids is 2. The summed E-state index contributed by atoms with van der Waals surface area (Å²) in [6.07, 6.45) is 0. The molecule has 0 aromatic heterocycles. The van der Waals surface area contributed by atoms with Crippen LogP contribution in [0.5, 0.6) is 0 Å². The predicted octanol–water partition coefficient (Wildman–Crippen LogP) is 5.00. The first-order valence-electron chi connectivity index (χ1n) is 7.58. The summed E-state index contributed by atoms with van der Waals surface area (Å²) in [5.74, 6) is -0.190. The zero-order valence-electron chi connectivity index (χ0n) is 13.8. The molecule has 7 heteroatoms. The van der Waals surface area contributed by atoms with Gasteiger partial charge in [0.25, 0.3) is 0 Å². The van der Waals surface area contributed by atoms with Crippen molar-refractivity contribution >= 4 is 58.2 Å². The quantitative estimate of drug-likeness (QED) is 0.721. The number of carbonyl (C=O) groups is 2. The maximum atomic E-state index is 12.2. The molecule has 0 radical (unpaired) electrons. The van der Waals surface area contributed by atoms with Gasteiger partial charge in [0.1, 0.15) is 0 Å². The number of thioether (sulfide) groups is 1. The van der Waals surface area contributed by atoms with E-state index in [1.807, 2.05) is 31.2 Å². The van der Waals surface area contributed by atoms with Gasteiger partial charge in [0.2, 0.25) is 11.8 Å². The predicted molar refractivity (Wildman–Crippen MR) is 107 cm³/mol. The summed E-state index contributed by atoms with van der Waals surface area (Å²) >= 11 is 13.1. The molecule has 132 valence electrons. The normalized spacial score (nSPS) is 11.7. The highest BCUT2D eigenvalue weighted by atomic mass is 35.5. The Kier molecular flexibility index (Phi) is 7.17. The van der Waals surface area contributed by atoms with Crippen LogP contribution in [0.1, 0.15) is 12.5 Å². The van der Waals surface area contributed by atoms with Gasteiger partial charge in [-0.05, 0) is 44.2 Å². The van der Waals surface area contributed by atoms with E-state index in [-0.39, 0.29) is 17.6 Å². The Morgan fingerprint density at radius 3 is 2.20 bits per heavy atom. The van der Waals surface area contributed by atoms with E-state index in [0.717, 1.165) is 11.3 Å². The van der Waals surface area contributed by atoms with Crippen molar-refractivity contribution in [1.82, 2.24) is 0 Å². The molecule has 0 aliphatic heterocycles. The minimum absolute atomic E-state index is 0.153. The third-order valence-electron chi connectivity index (χ3n) is 3.30. The highest BCUT2D eigenvalue weighted by molar-refractivity contribution is 8.01. The van der Waals surface area contributed by atoms with Gasteiger partial charge in [-0.1, -0.05) is 40.9 Å². The zero-order valence-corrected chi connectivity index (χ0v) is 16.1. The van der Waals surface area contributed by atoms with Crippen LogP contribution in [0.4, 0.5) is 11.4 Å². The number of halogens is 2. The highest BCUT2D eigenvalue weighted by Gasteiger charge is 2.16. The average Bonchev–Trinajstić information content (AvgIpc) is 2.53. The van der Waals surface area contributed by atoms with Crippen molar-refractivity contribution < 1.29 is 9.59 Å². The number of rotatable bonds is 6. The molecule has 1 atom stereocenters. The van der Waals surface area contributed by atoms with E-state index in [1.54, 1.807) is 25.1 Å².